The minimum Gasteiger partial charge on any atom is -0.389 e. The molecule has 112 valence electrons. The summed E-state index contributed by atoms with van der Waals surface area (Å²) in [7, 11) is -3.49. The second-order valence-corrected chi connectivity index (χ2v) is 7.54. The minimum absolute atomic E-state index is 0.0337. The highest BCUT2D eigenvalue weighted by Crippen LogP contribution is 2.25. The van der Waals surface area contributed by atoms with Gasteiger partial charge in [0.2, 0.25) is 10.0 Å². The highest BCUT2D eigenvalue weighted by molar-refractivity contribution is 7.89. The van der Waals surface area contributed by atoms with Gasteiger partial charge < -0.3 is 5.11 Å². The van der Waals surface area contributed by atoms with Gasteiger partial charge in [0.05, 0.1) is 11.0 Å². The molecule has 1 saturated carbocycles. The lowest BCUT2D eigenvalue weighted by molar-refractivity contribution is 0.199. The van der Waals surface area contributed by atoms with Crippen molar-refractivity contribution in [2.45, 2.75) is 56.6 Å². The Morgan fingerprint density at radius 3 is 2.50 bits per heavy atom. The van der Waals surface area contributed by atoms with Crippen LogP contribution in [0.3, 0.4) is 0 Å². The van der Waals surface area contributed by atoms with Gasteiger partial charge in [-0.3, -0.25) is 0 Å². The largest absolute Gasteiger partial charge is 0.389 e. The summed E-state index contributed by atoms with van der Waals surface area (Å²) in [5.74, 6) is 0.689. The van der Waals surface area contributed by atoms with Gasteiger partial charge in [-0.05, 0) is 56.2 Å². The zero-order valence-corrected chi connectivity index (χ0v) is 12.9. The van der Waals surface area contributed by atoms with Crippen LogP contribution < -0.4 is 4.72 Å². The highest BCUT2D eigenvalue weighted by atomic mass is 32.2. The van der Waals surface area contributed by atoms with E-state index in [-0.39, 0.29) is 10.9 Å². The number of hydrogen-bond acceptors (Lipinski definition) is 3. The summed E-state index contributed by atoms with van der Waals surface area (Å²) in [6.45, 7) is 3.83. The van der Waals surface area contributed by atoms with E-state index in [9.17, 15) is 13.5 Å². The predicted octanol–water partition coefficient (Wildman–Crippen LogP) is 2.60. The van der Waals surface area contributed by atoms with E-state index in [1.807, 2.05) is 0 Å². The van der Waals surface area contributed by atoms with E-state index in [1.165, 1.54) is 0 Å². The van der Waals surface area contributed by atoms with Crippen molar-refractivity contribution in [3.8, 4) is 0 Å². The van der Waals surface area contributed by atoms with Gasteiger partial charge in [-0.2, -0.15) is 0 Å². The summed E-state index contributed by atoms with van der Waals surface area (Å²) < 4.78 is 27.5. The second kappa shape index (κ2) is 6.24. The quantitative estimate of drug-likeness (QED) is 0.897. The van der Waals surface area contributed by atoms with Crippen LogP contribution in [0.25, 0.3) is 0 Å². The molecule has 2 N–H and O–H groups in total. The molecular weight excluding hydrogens is 274 g/mol. The SMILES string of the molecule is CC1CCC(NS(=O)(=O)c2cccc(C(C)O)c2)CC1. The van der Waals surface area contributed by atoms with Crippen molar-refractivity contribution in [1.82, 2.24) is 4.72 Å². The van der Waals surface area contributed by atoms with Crippen molar-refractivity contribution in [1.29, 1.82) is 0 Å². The Kier molecular flexibility index (Phi) is 4.83. The Balaban J connectivity index is 2.12. The lowest BCUT2D eigenvalue weighted by Gasteiger charge is -2.26. The first-order chi connectivity index (χ1) is 9.38. The van der Waals surface area contributed by atoms with Gasteiger partial charge in [0.1, 0.15) is 0 Å². The van der Waals surface area contributed by atoms with Gasteiger partial charge in [0.15, 0.2) is 0 Å². The molecule has 1 fully saturated rings. The molecule has 1 aliphatic carbocycles. The fraction of sp³-hybridized carbons (Fsp3) is 0.600. The van der Waals surface area contributed by atoms with Gasteiger partial charge in [0.25, 0.3) is 0 Å². The van der Waals surface area contributed by atoms with E-state index in [0.717, 1.165) is 25.7 Å². The molecule has 1 aromatic carbocycles. The highest BCUT2D eigenvalue weighted by Gasteiger charge is 2.24. The summed E-state index contributed by atoms with van der Waals surface area (Å²) in [6, 6.07) is 6.54. The third kappa shape index (κ3) is 3.81. The van der Waals surface area contributed by atoms with Gasteiger partial charge >= 0.3 is 0 Å². The van der Waals surface area contributed by atoms with E-state index < -0.39 is 16.1 Å². The van der Waals surface area contributed by atoms with E-state index in [4.69, 9.17) is 0 Å². The van der Waals surface area contributed by atoms with E-state index in [1.54, 1.807) is 31.2 Å². The minimum atomic E-state index is -3.49. The number of aliphatic hydroxyl groups is 1. The zero-order chi connectivity index (χ0) is 14.8. The maximum atomic E-state index is 12.4. The Labute approximate surface area is 121 Å². The molecule has 1 atom stereocenters. The topological polar surface area (TPSA) is 66.4 Å². The van der Waals surface area contributed by atoms with Crippen LogP contribution in [0.4, 0.5) is 0 Å². The monoisotopic (exact) mass is 297 g/mol. The molecule has 0 spiro atoms. The molecule has 0 saturated heterocycles. The molecular formula is C15H23NO3S. The van der Waals surface area contributed by atoms with E-state index in [0.29, 0.717) is 11.5 Å². The molecule has 1 unspecified atom stereocenters. The molecule has 0 aromatic heterocycles. The lowest BCUT2D eigenvalue weighted by Crippen LogP contribution is -2.37. The average Bonchev–Trinajstić information content (AvgIpc) is 2.41. The smallest absolute Gasteiger partial charge is 0.240 e. The Hall–Kier alpha value is -0.910. The molecule has 2 rings (SSSR count). The van der Waals surface area contributed by atoms with E-state index in [2.05, 4.69) is 11.6 Å². The third-order valence-electron chi connectivity index (χ3n) is 3.99. The molecule has 0 aliphatic heterocycles. The van der Waals surface area contributed by atoms with Crippen molar-refractivity contribution in [2.75, 3.05) is 0 Å². The number of nitrogens with one attached hydrogen (secondary N) is 1. The van der Waals surface area contributed by atoms with Crippen LogP contribution >= 0.6 is 0 Å². The molecule has 0 radical (unpaired) electrons. The predicted molar refractivity (Wildman–Crippen MR) is 78.8 cm³/mol. The Bertz CT molecular complexity index is 546. The lowest BCUT2D eigenvalue weighted by atomic mass is 9.88. The summed E-state index contributed by atoms with van der Waals surface area (Å²) in [4.78, 5) is 0.231. The normalized spacial score (nSPS) is 25.4. The van der Waals surface area contributed by atoms with Crippen molar-refractivity contribution in [3.63, 3.8) is 0 Å². The third-order valence-corrected chi connectivity index (χ3v) is 5.51. The molecule has 4 nitrogen and oxygen atoms in total. The average molecular weight is 297 g/mol. The Morgan fingerprint density at radius 1 is 1.25 bits per heavy atom. The second-order valence-electron chi connectivity index (χ2n) is 5.83. The van der Waals surface area contributed by atoms with Crippen molar-refractivity contribution < 1.29 is 13.5 Å². The van der Waals surface area contributed by atoms with Crippen LogP contribution in [0, 0.1) is 5.92 Å². The number of rotatable bonds is 4. The van der Waals surface area contributed by atoms with E-state index >= 15 is 0 Å². The van der Waals surface area contributed by atoms with Crippen molar-refractivity contribution in [3.05, 3.63) is 29.8 Å². The number of hydrogen-bond donors (Lipinski definition) is 2. The summed E-state index contributed by atoms with van der Waals surface area (Å²) in [5.41, 5.74) is 0.616. The zero-order valence-electron chi connectivity index (χ0n) is 12.0. The van der Waals surface area contributed by atoms with Gasteiger partial charge in [-0.1, -0.05) is 19.1 Å². The maximum absolute atomic E-state index is 12.4. The van der Waals surface area contributed by atoms with Crippen molar-refractivity contribution >= 4 is 10.0 Å². The summed E-state index contributed by atoms with van der Waals surface area (Å²) >= 11 is 0. The molecule has 0 amide bonds. The first-order valence-corrected chi connectivity index (χ1v) is 8.67. The molecule has 20 heavy (non-hydrogen) atoms. The molecule has 1 aromatic rings. The van der Waals surface area contributed by atoms with Crippen LogP contribution in [-0.2, 0) is 10.0 Å². The first kappa shape index (κ1) is 15.5. The fourth-order valence-electron chi connectivity index (χ4n) is 2.61. The number of aliphatic hydroxyl groups excluding tert-OH is 1. The van der Waals surface area contributed by atoms with Gasteiger partial charge in [0, 0.05) is 6.04 Å². The summed E-state index contributed by atoms with van der Waals surface area (Å²) in [6.07, 6.45) is 3.27. The number of benzene rings is 1. The molecule has 1 aliphatic rings. The fourth-order valence-corrected chi connectivity index (χ4v) is 3.97. The molecule has 0 heterocycles. The maximum Gasteiger partial charge on any atom is 0.240 e. The standard InChI is InChI=1S/C15H23NO3S/c1-11-6-8-14(9-7-11)16-20(18,19)15-5-3-4-13(10-15)12(2)17/h3-5,10-12,14,16-17H,6-9H2,1-2H3. The number of sulfonamides is 1. The van der Waals surface area contributed by atoms with Crippen molar-refractivity contribution in [2.24, 2.45) is 5.92 Å². The Morgan fingerprint density at radius 2 is 1.90 bits per heavy atom. The van der Waals surface area contributed by atoms with Crippen LogP contribution in [0.1, 0.15) is 51.2 Å². The van der Waals surface area contributed by atoms with Gasteiger partial charge in [-0.15, -0.1) is 0 Å². The van der Waals surface area contributed by atoms with Crippen LogP contribution in [0.5, 0.6) is 0 Å². The van der Waals surface area contributed by atoms with Crippen LogP contribution in [-0.4, -0.2) is 19.6 Å². The van der Waals surface area contributed by atoms with Crippen LogP contribution in [0.2, 0.25) is 0 Å². The van der Waals surface area contributed by atoms with Crippen LogP contribution in [0.15, 0.2) is 29.2 Å². The molecule has 0 bridgehead atoms. The first-order valence-electron chi connectivity index (χ1n) is 7.19. The van der Waals surface area contributed by atoms with Gasteiger partial charge in [-0.25, -0.2) is 13.1 Å². The molecule has 5 heteroatoms. The summed E-state index contributed by atoms with van der Waals surface area (Å²) in [5, 5.41) is 9.55.